The Morgan fingerprint density at radius 1 is 0.818 bits per heavy atom. The second kappa shape index (κ2) is 9.14. The molecule has 6 nitrogen and oxygen atoms in total. The monoisotopic (exact) mass is 439 g/mol. The topological polar surface area (TPSA) is 65.6 Å². The van der Waals surface area contributed by atoms with E-state index in [1.165, 1.54) is 24.8 Å². The fourth-order valence-corrected chi connectivity index (χ4v) is 4.44. The standard InChI is InChI=1S/C27H29N5O/c1-3-5-6-7-10-17-31-18-28-25-23(27(31)33)24-26(30-22-12-9-8-11-21(22)29-24)32(25)20-15-13-19(4-2)14-16-20/h8-9,11-16,18H,3-7,10,17H2,1-2H3. The smallest absolute Gasteiger partial charge is 0.265 e. The summed E-state index contributed by atoms with van der Waals surface area (Å²) in [6.07, 6.45) is 8.38. The first kappa shape index (κ1) is 21.3. The molecule has 0 bridgehead atoms. The van der Waals surface area contributed by atoms with E-state index in [0.29, 0.717) is 28.7 Å². The summed E-state index contributed by atoms with van der Waals surface area (Å²) in [4.78, 5) is 28.1. The van der Waals surface area contributed by atoms with E-state index in [4.69, 9.17) is 15.0 Å². The van der Waals surface area contributed by atoms with Gasteiger partial charge in [-0.25, -0.2) is 15.0 Å². The highest BCUT2D eigenvalue weighted by Gasteiger charge is 2.20. The molecular weight excluding hydrogens is 410 g/mol. The quantitative estimate of drug-likeness (QED) is 0.286. The van der Waals surface area contributed by atoms with E-state index in [-0.39, 0.29) is 5.56 Å². The number of hydrogen-bond donors (Lipinski definition) is 0. The first-order valence-corrected chi connectivity index (χ1v) is 12.0. The van der Waals surface area contributed by atoms with Crippen molar-refractivity contribution in [2.75, 3.05) is 0 Å². The van der Waals surface area contributed by atoms with E-state index in [9.17, 15) is 4.79 Å². The largest absolute Gasteiger partial charge is 0.299 e. The number of nitrogens with zero attached hydrogens (tertiary/aromatic N) is 5. The summed E-state index contributed by atoms with van der Waals surface area (Å²) in [7, 11) is 0. The van der Waals surface area contributed by atoms with E-state index >= 15 is 0 Å². The summed E-state index contributed by atoms with van der Waals surface area (Å²) < 4.78 is 3.70. The van der Waals surface area contributed by atoms with Crippen LogP contribution in [0.2, 0.25) is 0 Å². The van der Waals surface area contributed by atoms with Gasteiger partial charge in [-0.3, -0.25) is 13.9 Å². The van der Waals surface area contributed by atoms with Gasteiger partial charge in [-0.1, -0.05) is 63.8 Å². The maximum Gasteiger partial charge on any atom is 0.265 e. The van der Waals surface area contributed by atoms with Crippen molar-refractivity contribution in [3.05, 3.63) is 70.8 Å². The Kier molecular flexibility index (Phi) is 5.90. The van der Waals surface area contributed by atoms with Crippen molar-refractivity contribution in [2.45, 2.75) is 58.9 Å². The van der Waals surface area contributed by atoms with Gasteiger partial charge in [-0.05, 0) is 42.7 Å². The molecule has 5 rings (SSSR count). The summed E-state index contributed by atoms with van der Waals surface area (Å²) >= 11 is 0. The fraction of sp³-hybridized carbons (Fsp3) is 0.333. The molecule has 0 aliphatic carbocycles. The van der Waals surface area contributed by atoms with Crippen molar-refractivity contribution in [1.82, 2.24) is 24.1 Å². The first-order chi connectivity index (χ1) is 16.2. The van der Waals surface area contributed by atoms with Gasteiger partial charge in [-0.2, -0.15) is 0 Å². The number of hydrogen-bond acceptors (Lipinski definition) is 4. The lowest BCUT2D eigenvalue weighted by Gasteiger charge is -2.08. The number of aromatic nitrogens is 5. The molecule has 2 aromatic carbocycles. The number of fused-ring (bicyclic) bond motifs is 4. The Balaban J connectivity index is 1.71. The fourth-order valence-electron chi connectivity index (χ4n) is 4.44. The molecule has 168 valence electrons. The first-order valence-electron chi connectivity index (χ1n) is 12.0. The lowest BCUT2D eigenvalue weighted by atomic mass is 10.1. The predicted octanol–water partition coefficient (Wildman–Crippen LogP) is 5.82. The molecule has 0 radical (unpaired) electrons. The van der Waals surface area contributed by atoms with Gasteiger partial charge < -0.3 is 0 Å². The maximum absolute atomic E-state index is 13.6. The Hall–Kier alpha value is -3.54. The van der Waals surface area contributed by atoms with Gasteiger partial charge in [0.15, 0.2) is 11.3 Å². The summed E-state index contributed by atoms with van der Waals surface area (Å²) in [5, 5.41) is 0.541. The van der Waals surface area contributed by atoms with Crippen molar-refractivity contribution in [1.29, 1.82) is 0 Å². The molecule has 0 aliphatic heterocycles. The van der Waals surface area contributed by atoms with Crippen LogP contribution >= 0.6 is 0 Å². The molecule has 33 heavy (non-hydrogen) atoms. The van der Waals surface area contributed by atoms with Gasteiger partial charge in [0, 0.05) is 12.2 Å². The zero-order valence-electron chi connectivity index (χ0n) is 19.3. The van der Waals surface area contributed by atoms with Gasteiger partial charge in [-0.15, -0.1) is 0 Å². The highest BCUT2D eigenvalue weighted by molar-refractivity contribution is 6.05. The average molecular weight is 440 g/mol. The van der Waals surface area contributed by atoms with Crippen LogP contribution in [0.3, 0.4) is 0 Å². The van der Waals surface area contributed by atoms with Crippen LogP contribution in [0, 0.1) is 0 Å². The maximum atomic E-state index is 13.6. The van der Waals surface area contributed by atoms with Crippen molar-refractivity contribution in [3.63, 3.8) is 0 Å². The van der Waals surface area contributed by atoms with Crippen molar-refractivity contribution < 1.29 is 0 Å². The Labute approximate surface area is 192 Å². The molecule has 3 aromatic heterocycles. The predicted molar refractivity (Wildman–Crippen MR) is 134 cm³/mol. The molecule has 0 saturated heterocycles. The van der Waals surface area contributed by atoms with Crippen molar-refractivity contribution >= 4 is 33.2 Å². The highest BCUT2D eigenvalue weighted by atomic mass is 16.1. The van der Waals surface area contributed by atoms with Crippen LogP contribution in [-0.4, -0.2) is 24.1 Å². The normalized spacial score (nSPS) is 11.7. The van der Waals surface area contributed by atoms with E-state index in [2.05, 4.69) is 38.1 Å². The van der Waals surface area contributed by atoms with Gasteiger partial charge in [0.1, 0.15) is 10.9 Å². The molecule has 0 unspecified atom stereocenters. The molecule has 0 spiro atoms. The van der Waals surface area contributed by atoms with Gasteiger partial charge in [0.05, 0.1) is 17.4 Å². The van der Waals surface area contributed by atoms with Crippen LogP contribution < -0.4 is 5.56 Å². The van der Waals surface area contributed by atoms with Crippen LogP contribution in [0.25, 0.3) is 38.9 Å². The SMILES string of the molecule is CCCCCCCn1cnc2c(c1=O)c1nc3ccccc3nc1n2-c1ccc(CC)cc1. The van der Waals surface area contributed by atoms with E-state index in [1.54, 1.807) is 10.9 Å². The van der Waals surface area contributed by atoms with Gasteiger partial charge >= 0.3 is 0 Å². The lowest BCUT2D eigenvalue weighted by Crippen LogP contribution is -2.20. The van der Waals surface area contributed by atoms with E-state index < -0.39 is 0 Å². The zero-order chi connectivity index (χ0) is 22.8. The molecule has 6 heteroatoms. The summed E-state index contributed by atoms with van der Waals surface area (Å²) in [6, 6.07) is 16.1. The minimum absolute atomic E-state index is 0.0472. The summed E-state index contributed by atoms with van der Waals surface area (Å²) in [6.45, 7) is 5.02. The second-order valence-corrected chi connectivity index (χ2v) is 8.60. The third-order valence-electron chi connectivity index (χ3n) is 6.34. The van der Waals surface area contributed by atoms with Crippen molar-refractivity contribution in [2.24, 2.45) is 0 Å². The molecular formula is C27H29N5O. The number of para-hydroxylation sites is 2. The molecule has 0 N–H and O–H groups in total. The Bertz CT molecular complexity index is 1480. The summed E-state index contributed by atoms with van der Waals surface area (Å²) in [5.74, 6) is 0. The highest BCUT2D eigenvalue weighted by Crippen LogP contribution is 2.28. The van der Waals surface area contributed by atoms with Crippen LogP contribution in [-0.2, 0) is 13.0 Å². The number of benzene rings is 2. The molecule has 0 fully saturated rings. The lowest BCUT2D eigenvalue weighted by molar-refractivity contribution is 0.556. The molecule has 5 aromatic rings. The third-order valence-corrected chi connectivity index (χ3v) is 6.34. The molecule has 3 heterocycles. The van der Waals surface area contributed by atoms with Crippen LogP contribution in [0.5, 0.6) is 0 Å². The van der Waals surface area contributed by atoms with Crippen LogP contribution in [0.4, 0.5) is 0 Å². The number of aryl methyl sites for hydroxylation is 2. The summed E-state index contributed by atoms with van der Waals surface area (Å²) in [5.41, 5.74) is 5.61. The van der Waals surface area contributed by atoms with E-state index in [1.807, 2.05) is 28.8 Å². The van der Waals surface area contributed by atoms with Gasteiger partial charge in [0.2, 0.25) is 0 Å². The second-order valence-electron chi connectivity index (χ2n) is 8.60. The molecule has 0 saturated carbocycles. The van der Waals surface area contributed by atoms with Crippen LogP contribution in [0.1, 0.15) is 51.5 Å². The van der Waals surface area contributed by atoms with Crippen molar-refractivity contribution in [3.8, 4) is 5.69 Å². The zero-order valence-corrected chi connectivity index (χ0v) is 19.3. The molecule has 0 amide bonds. The third kappa shape index (κ3) is 3.90. The molecule has 0 atom stereocenters. The number of unbranched alkanes of at least 4 members (excludes halogenated alkanes) is 4. The number of rotatable bonds is 8. The minimum atomic E-state index is -0.0472. The van der Waals surface area contributed by atoms with Crippen LogP contribution in [0.15, 0.2) is 59.7 Å². The minimum Gasteiger partial charge on any atom is -0.299 e. The Morgan fingerprint density at radius 2 is 1.55 bits per heavy atom. The molecule has 0 aliphatic rings. The Morgan fingerprint density at radius 3 is 2.27 bits per heavy atom. The average Bonchev–Trinajstić information content (AvgIpc) is 3.17. The van der Waals surface area contributed by atoms with E-state index in [0.717, 1.165) is 36.0 Å². The van der Waals surface area contributed by atoms with Gasteiger partial charge in [0.25, 0.3) is 5.56 Å².